The van der Waals surface area contributed by atoms with Crippen LogP contribution in [-0.4, -0.2) is 77.6 Å². The molecule has 1 saturated carbocycles. The normalized spacial score (nSPS) is 16.3. The maximum Gasteiger partial charge on any atom is 0.490 e. The third-order valence-electron chi connectivity index (χ3n) is 4.60. The first-order valence-corrected chi connectivity index (χ1v) is 10.2. The van der Waals surface area contributed by atoms with Crippen molar-refractivity contribution in [2.75, 3.05) is 32.7 Å². The number of nitrogens with one attached hydrogen (secondary N) is 1. The van der Waals surface area contributed by atoms with Gasteiger partial charge in [0, 0.05) is 55.2 Å². The molecule has 2 N–H and O–H groups in total. The lowest BCUT2D eigenvalue weighted by atomic mass is 10.2. The minimum Gasteiger partial charge on any atom is -0.475 e. The summed E-state index contributed by atoms with van der Waals surface area (Å²) >= 11 is 3.41. The summed E-state index contributed by atoms with van der Waals surface area (Å²) in [7, 11) is 0. The maximum absolute atomic E-state index is 12.7. The lowest BCUT2D eigenvalue weighted by Gasteiger charge is -2.29. The molecule has 7 nitrogen and oxygen atoms in total. The number of rotatable bonds is 5. The molecule has 30 heavy (non-hydrogen) atoms. The summed E-state index contributed by atoms with van der Waals surface area (Å²) in [4.78, 5) is 37.7. The summed E-state index contributed by atoms with van der Waals surface area (Å²) in [6.45, 7) is 3.76. The molecule has 3 rings (SSSR count). The highest BCUT2D eigenvalue weighted by atomic mass is 79.9. The van der Waals surface area contributed by atoms with Crippen LogP contribution < -0.4 is 5.32 Å². The SMILES string of the molecule is O=C(CCN(C(=O)c1cccc(Br)c1)C1CC1)N1CCNCC1.O=C(O)C(F)(F)F. The Morgan fingerprint density at radius 1 is 1.20 bits per heavy atom. The quantitative estimate of drug-likeness (QED) is 0.657. The number of benzene rings is 1. The van der Waals surface area contributed by atoms with Gasteiger partial charge in [-0.05, 0) is 31.0 Å². The Kier molecular flexibility index (Phi) is 8.65. The van der Waals surface area contributed by atoms with Gasteiger partial charge in [0.2, 0.25) is 5.91 Å². The average Bonchev–Trinajstić information content (AvgIpc) is 3.53. The molecule has 0 atom stereocenters. The van der Waals surface area contributed by atoms with Crippen LogP contribution in [0.4, 0.5) is 13.2 Å². The maximum atomic E-state index is 12.7. The molecule has 1 heterocycles. The van der Waals surface area contributed by atoms with Crippen molar-refractivity contribution in [3.8, 4) is 0 Å². The number of hydrogen-bond acceptors (Lipinski definition) is 4. The van der Waals surface area contributed by atoms with E-state index in [1.54, 1.807) is 0 Å². The molecular formula is C19H23BrF3N3O4. The van der Waals surface area contributed by atoms with E-state index in [2.05, 4.69) is 21.2 Å². The number of aliphatic carboxylic acids is 1. The van der Waals surface area contributed by atoms with Crippen molar-refractivity contribution in [3.63, 3.8) is 0 Å². The number of halogens is 4. The topological polar surface area (TPSA) is 90.0 Å². The second-order valence-corrected chi connectivity index (χ2v) is 7.84. The van der Waals surface area contributed by atoms with Crippen LogP contribution in [0.25, 0.3) is 0 Å². The molecule has 0 aromatic heterocycles. The fraction of sp³-hybridized carbons (Fsp3) is 0.526. The van der Waals surface area contributed by atoms with Crippen molar-refractivity contribution in [2.45, 2.75) is 31.5 Å². The second-order valence-electron chi connectivity index (χ2n) is 6.92. The van der Waals surface area contributed by atoms with Gasteiger partial charge in [0.05, 0.1) is 0 Å². The van der Waals surface area contributed by atoms with E-state index >= 15 is 0 Å². The number of alkyl halides is 3. The van der Waals surface area contributed by atoms with Crippen LogP contribution in [0.15, 0.2) is 28.7 Å². The van der Waals surface area contributed by atoms with Gasteiger partial charge in [-0.3, -0.25) is 9.59 Å². The number of carboxylic acid groups (broad SMARTS) is 1. The fourth-order valence-electron chi connectivity index (χ4n) is 2.91. The third kappa shape index (κ3) is 7.60. The average molecular weight is 494 g/mol. The van der Waals surface area contributed by atoms with E-state index in [-0.39, 0.29) is 11.8 Å². The van der Waals surface area contributed by atoms with Crippen molar-refractivity contribution >= 4 is 33.7 Å². The van der Waals surface area contributed by atoms with Gasteiger partial charge >= 0.3 is 12.1 Å². The number of carbonyl (C=O) groups is 3. The van der Waals surface area contributed by atoms with Crippen molar-refractivity contribution in [1.82, 2.24) is 15.1 Å². The number of piperazine rings is 1. The summed E-state index contributed by atoms with van der Waals surface area (Å²) < 4.78 is 32.6. The summed E-state index contributed by atoms with van der Waals surface area (Å²) in [5.74, 6) is -2.58. The van der Waals surface area contributed by atoms with Gasteiger partial charge in [-0.1, -0.05) is 22.0 Å². The summed E-state index contributed by atoms with van der Waals surface area (Å²) in [5.41, 5.74) is 0.681. The monoisotopic (exact) mass is 493 g/mol. The zero-order valence-electron chi connectivity index (χ0n) is 16.1. The molecule has 0 spiro atoms. The Hall–Kier alpha value is -2.14. The molecular weight excluding hydrogens is 471 g/mol. The molecule has 2 amide bonds. The highest BCUT2D eigenvalue weighted by molar-refractivity contribution is 9.10. The Morgan fingerprint density at radius 3 is 2.30 bits per heavy atom. The first kappa shape index (κ1) is 24.1. The largest absolute Gasteiger partial charge is 0.490 e. The Labute approximate surface area is 180 Å². The van der Waals surface area contributed by atoms with Crippen molar-refractivity contribution in [1.29, 1.82) is 0 Å². The third-order valence-corrected chi connectivity index (χ3v) is 5.09. The van der Waals surface area contributed by atoms with E-state index in [1.165, 1.54) is 0 Å². The molecule has 166 valence electrons. The molecule has 2 aliphatic rings. The van der Waals surface area contributed by atoms with Gasteiger partial charge in [0.1, 0.15) is 0 Å². The van der Waals surface area contributed by atoms with Gasteiger partial charge in [-0.15, -0.1) is 0 Å². The van der Waals surface area contributed by atoms with Crippen LogP contribution in [0.3, 0.4) is 0 Å². The standard InChI is InChI=1S/C17H22BrN3O2.C2HF3O2/c18-14-3-1-2-13(12-14)17(23)21(15-4-5-15)9-6-16(22)20-10-7-19-8-11-20;3-2(4,5)1(6)7/h1-3,12,15,19H,4-11H2;(H,6,7). The van der Waals surface area contributed by atoms with Crippen LogP contribution in [0.2, 0.25) is 0 Å². The van der Waals surface area contributed by atoms with E-state index < -0.39 is 12.1 Å². The lowest BCUT2D eigenvalue weighted by Crippen LogP contribution is -2.47. The molecule has 1 saturated heterocycles. The van der Waals surface area contributed by atoms with Crippen LogP contribution in [0.5, 0.6) is 0 Å². The summed E-state index contributed by atoms with van der Waals surface area (Å²) in [5, 5.41) is 10.4. The number of nitrogens with zero attached hydrogens (tertiary/aromatic N) is 2. The molecule has 1 aromatic rings. The van der Waals surface area contributed by atoms with Crippen LogP contribution in [0.1, 0.15) is 29.6 Å². The Bertz CT molecular complexity index is 766. The highest BCUT2D eigenvalue weighted by Crippen LogP contribution is 2.29. The van der Waals surface area contributed by atoms with E-state index in [4.69, 9.17) is 9.90 Å². The molecule has 0 bridgehead atoms. The molecule has 11 heteroatoms. The van der Waals surface area contributed by atoms with Crippen LogP contribution in [-0.2, 0) is 9.59 Å². The molecule has 2 fully saturated rings. The smallest absolute Gasteiger partial charge is 0.475 e. The molecule has 1 aromatic carbocycles. The Morgan fingerprint density at radius 2 is 1.80 bits per heavy atom. The molecule has 0 unspecified atom stereocenters. The first-order valence-electron chi connectivity index (χ1n) is 9.44. The van der Waals surface area contributed by atoms with Gasteiger partial charge < -0.3 is 20.2 Å². The number of carbonyl (C=O) groups excluding carboxylic acids is 2. The first-order chi connectivity index (χ1) is 14.1. The predicted molar refractivity (Wildman–Crippen MR) is 106 cm³/mol. The Balaban J connectivity index is 0.000000396. The van der Waals surface area contributed by atoms with Crippen molar-refractivity contribution < 1.29 is 32.7 Å². The van der Waals surface area contributed by atoms with Crippen LogP contribution in [0, 0.1) is 0 Å². The van der Waals surface area contributed by atoms with Gasteiger partial charge in [-0.2, -0.15) is 13.2 Å². The van der Waals surface area contributed by atoms with Crippen molar-refractivity contribution in [2.24, 2.45) is 0 Å². The molecule has 1 aliphatic carbocycles. The molecule has 0 radical (unpaired) electrons. The van der Waals surface area contributed by atoms with Crippen LogP contribution >= 0.6 is 15.9 Å². The summed E-state index contributed by atoms with van der Waals surface area (Å²) in [6, 6.07) is 7.76. The minimum absolute atomic E-state index is 0.0295. The fourth-order valence-corrected chi connectivity index (χ4v) is 3.31. The van der Waals surface area contributed by atoms with Crippen molar-refractivity contribution in [3.05, 3.63) is 34.3 Å². The van der Waals surface area contributed by atoms with Gasteiger partial charge in [-0.25, -0.2) is 4.79 Å². The number of amides is 2. The van der Waals surface area contributed by atoms with E-state index in [9.17, 15) is 22.8 Å². The zero-order valence-corrected chi connectivity index (χ0v) is 17.7. The van der Waals surface area contributed by atoms with E-state index in [0.717, 1.165) is 43.5 Å². The predicted octanol–water partition coefficient (Wildman–Crippen LogP) is 2.51. The number of hydrogen-bond donors (Lipinski definition) is 2. The van der Waals surface area contributed by atoms with E-state index in [1.807, 2.05) is 34.1 Å². The second kappa shape index (κ2) is 10.8. The van der Waals surface area contributed by atoms with Gasteiger partial charge in [0.25, 0.3) is 5.91 Å². The number of carboxylic acids is 1. The summed E-state index contributed by atoms with van der Waals surface area (Å²) in [6.07, 6.45) is -2.58. The minimum atomic E-state index is -5.08. The van der Waals surface area contributed by atoms with E-state index in [0.29, 0.717) is 24.6 Å². The van der Waals surface area contributed by atoms with Gasteiger partial charge in [0.15, 0.2) is 0 Å². The lowest BCUT2D eigenvalue weighted by molar-refractivity contribution is -0.192. The highest BCUT2D eigenvalue weighted by Gasteiger charge is 2.38. The molecule has 1 aliphatic heterocycles. The zero-order chi connectivity index (χ0) is 22.3.